The fourth-order valence-corrected chi connectivity index (χ4v) is 2.26. The minimum atomic E-state index is -0.286. The smallest absolute Gasteiger partial charge is 0.319 e. The van der Waals surface area contributed by atoms with Gasteiger partial charge in [-0.15, -0.1) is 0 Å². The van der Waals surface area contributed by atoms with Crippen molar-refractivity contribution < 1.29 is 9.53 Å². The predicted octanol–water partition coefficient (Wildman–Crippen LogP) is 3.37. The van der Waals surface area contributed by atoms with Crippen LogP contribution in [0.3, 0.4) is 0 Å². The molecule has 0 saturated heterocycles. The van der Waals surface area contributed by atoms with E-state index in [2.05, 4.69) is 15.6 Å². The number of pyridine rings is 1. The van der Waals surface area contributed by atoms with Crippen molar-refractivity contribution in [3.8, 4) is 17.7 Å². The number of aromatic nitrogens is 2. The number of carbonyl (C=O) groups excluding carboxylic acids is 1. The molecule has 2 N–H and O–H groups in total. The van der Waals surface area contributed by atoms with Gasteiger partial charge in [0.25, 0.3) is 0 Å². The molecule has 2 heterocycles. The Hall–Kier alpha value is -3.79. The lowest BCUT2D eigenvalue weighted by Gasteiger charge is -2.10. The van der Waals surface area contributed by atoms with Crippen LogP contribution in [-0.2, 0) is 6.54 Å². The first-order valence-corrected chi connectivity index (χ1v) is 8.02. The van der Waals surface area contributed by atoms with Crippen molar-refractivity contribution in [2.45, 2.75) is 6.54 Å². The number of anilines is 1. The van der Waals surface area contributed by atoms with Crippen LogP contribution >= 0.6 is 0 Å². The zero-order chi connectivity index (χ0) is 18.2. The second-order valence-electron chi connectivity index (χ2n) is 5.43. The van der Waals surface area contributed by atoms with E-state index >= 15 is 0 Å². The lowest BCUT2D eigenvalue weighted by molar-refractivity contribution is 0.251. The number of carbonyl (C=O) groups is 1. The van der Waals surface area contributed by atoms with Gasteiger partial charge >= 0.3 is 6.03 Å². The van der Waals surface area contributed by atoms with Crippen LogP contribution in [0.5, 0.6) is 11.6 Å². The van der Waals surface area contributed by atoms with Gasteiger partial charge in [0.05, 0.1) is 5.56 Å². The van der Waals surface area contributed by atoms with Crippen molar-refractivity contribution >= 4 is 11.7 Å². The Labute approximate surface area is 150 Å². The van der Waals surface area contributed by atoms with Crippen LogP contribution in [0.1, 0.15) is 5.56 Å². The second kappa shape index (κ2) is 8.35. The molecule has 26 heavy (non-hydrogen) atoms. The third-order valence-corrected chi connectivity index (χ3v) is 3.50. The van der Waals surface area contributed by atoms with E-state index in [1.807, 2.05) is 35.2 Å². The maximum absolute atomic E-state index is 12.0. The van der Waals surface area contributed by atoms with E-state index in [1.54, 1.807) is 36.4 Å². The molecule has 2 aromatic heterocycles. The standard InChI is InChI=1S/C19H17N5O2/c20-13-15-6-7-18(22-14-15)26-17-5-3-4-16(12-17)23-19(25)21-8-11-24-9-1-2-10-24/h1-7,9-10,12,14H,8,11H2,(H2,21,23,25). The van der Waals surface area contributed by atoms with Crippen LogP contribution in [0.4, 0.5) is 10.5 Å². The third kappa shape index (κ3) is 4.85. The summed E-state index contributed by atoms with van der Waals surface area (Å²) in [6.45, 7) is 1.22. The molecule has 0 radical (unpaired) electrons. The summed E-state index contributed by atoms with van der Waals surface area (Å²) in [5.41, 5.74) is 1.07. The molecule has 7 nitrogen and oxygen atoms in total. The fraction of sp³-hybridized carbons (Fsp3) is 0.105. The van der Waals surface area contributed by atoms with Gasteiger partial charge in [-0.1, -0.05) is 6.07 Å². The van der Waals surface area contributed by atoms with Crippen LogP contribution in [0.25, 0.3) is 0 Å². The minimum Gasteiger partial charge on any atom is -0.439 e. The minimum absolute atomic E-state index is 0.286. The number of rotatable bonds is 6. The summed E-state index contributed by atoms with van der Waals surface area (Å²) in [6, 6.07) is 15.8. The summed E-state index contributed by atoms with van der Waals surface area (Å²) in [5, 5.41) is 14.3. The molecular weight excluding hydrogens is 330 g/mol. The Kier molecular flexibility index (Phi) is 5.47. The summed E-state index contributed by atoms with van der Waals surface area (Å²) in [4.78, 5) is 16.0. The average molecular weight is 347 g/mol. The maximum atomic E-state index is 12.0. The first kappa shape index (κ1) is 17.0. The molecule has 130 valence electrons. The van der Waals surface area contributed by atoms with Crippen molar-refractivity contribution in [2.24, 2.45) is 0 Å². The van der Waals surface area contributed by atoms with E-state index in [1.165, 1.54) is 6.20 Å². The summed E-state index contributed by atoms with van der Waals surface area (Å²) in [5.74, 6) is 0.907. The van der Waals surface area contributed by atoms with Gasteiger partial charge in [-0.2, -0.15) is 5.26 Å². The molecule has 3 aromatic rings. The molecule has 0 aliphatic rings. The molecule has 1 aromatic carbocycles. The molecule has 0 spiro atoms. The second-order valence-corrected chi connectivity index (χ2v) is 5.43. The maximum Gasteiger partial charge on any atom is 0.319 e. The number of nitrogens with one attached hydrogen (secondary N) is 2. The van der Waals surface area contributed by atoms with Crippen LogP contribution in [0, 0.1) is 11.3 Å². The van der Waals surface area contributed by atoms with Crippen LogP contribution in [0.15, 0.2) is 67.1 Å². The highest BCUT2D eigenvalue weighted by molar-refractivity contribution is 5.89. The average Bonchev–Trinajstić information content (AvgIpc) is 3.16. The predicted molar refractivity (Wildman–Crippen MR) is 96.9 cm³/mol. The Balaban J connectivity index is 1.52. The molecule has 0 fully saturated rings. The fourth-order valence-electron chi connectivity index (χ4n) is 2.26. The van der Waals surface area contributed by atoms with Gasteiger partial charge in [0.15, 0.2) is 0 Å². The molecular formula is C19H17N5O2. The van der Waals surface area contributed by atoms with Crippen molar-refractivity contribution in [3.05, 3.63) is 72.7 Å². The summed E-state index contributed by atoms with van der Waals surface area (Å²) in [7, 11) is 0. The van der Waals surface area contributed by atoms with Crippen molar-refractivity contribution in [1.29, 1.82) is 5.26 Å². The Morgan fingerprint density at radius 1 is 1.19 bits per heavy atom. The number of hydrogen-bond donors (Lipinski definition) is 2. The van der Waals surface area contributed by atoms with E-state index in [0.29, 0.717) is 36.0 Å². The molecule has 0 aliphatic carbocycles. The summed E-state index contributed by atoms with van der Waals surface area (Å²) < 4.78 is 7.62. The van der Waals surface area contributed by atoms with Crippen molar-refractivity contribution in [2.75, 3.05) is 11.9 Å². The molecule has 7 heteroatoms. The van der Waals surface area contributed by atoms with E-state index < -0.39 is 0 Å². The molecule has 0 saturated carbocycles. The summed E-state index contributed by atoms with van der Waals surface area (Å²) >= 11 is 0. The highest BCUT2D eigenvalue weighted by atomic mass is 16.5. The quantitative estimate of drug-likeness (QED) is 0.715. The van der Waals surface area contributed by atoms with E-state index in [0.717, 1.165) is 0 Å². The van der Waals surface area contributed by atoms with Crippen LogP contribution in [0.2, 0.25) is 0 Å². The molecule has 2 amide bonds. The van der Waals surface area contributed by atoms with Crippen molar-refractivity contribution in [1.82, 2.24) is 14.9 Å². The number of amides is 2. The number of hydrogen-bond acceptors (Lipinski definition) is 4. The largest absolute Gasteiger partial charge is 0.439 e. The molecule has 0 unspecified atom stereocenters. The Bertz CT molecular complexity index is 898. The summed E-state index contributed by atoms with van der Waals surface area (Å²) in [6.07, 6.45) is 5.32. The highest BCUT2D eigenvalue weighted by Crippen LogP contribution is 2.22. The number of nitrogens with zero attached hydrogens (tertiary/aromatic N) is 3. The Morgan fingerprint density at radius 2 is 2.04 bits per heavy atom. The first-order chi connectivity index (χ1) is 12.7. The number of nitriles is 1. The van der Waals surface area contributed by atoms with Gasteiger partial charge in [0.2, 0.25) is 5.88 Å². The topological polar surface area (TPSA) is 92.0 Å². The molecule has 0 bridgehead atoms. The van der Waals surface area contributed by atoms with E-state index in [4.69, 9.17) is 10.00 Å². The van der Waals surface area contributed by atoms with Crippen LogP contribution in [-0.4, -0.2) is 22.1 Å². The monoisotopic (exact) mass is 347 g/mol. The van der Waals surface area contributed by atoms with Gasteiger partial charge in [-0.05, 0) is 30.3 Å². The number of benzene rings is 1. The van der Waals surface area contributed by atoms with Gasteiger partial charge in [-0.3, -0.25) is 0 Å². The normalized spacial score (nSPS) is 9.96. The number of ether oxygens (including phenoxy) is 1. The van der Waals surface area contributed by atoms with Gasteiger partial charge in [0.1, 0.15) is 11.8 Å². The number of urea groups is 1. The van der Waals surface area contributed by atoms with Gasteiger partial charge in [0, 0.05) is 49.5 Å². The molecule has 0 aliphatic heterocycles. The molecule has 0 atom stereocenters. The zero-order valence-electron chi connectivity index (χ0n) is 13.9. The van der Waals surface area contributed by atoms with Crippen molar-refractivity contribution in [3.63, 3.8) is 0 Å². The van der Waals surface area contributed by atoms with Gasteiger partial charge in [-0.25, -0.2) is 9.78 Å². The van der Waals surface area contributed by atoms with Crippen LogP contribution < -0.4 is 15.4 Å². The lowest BCUT2D eigenvalue weighted by atomic mass is 10.3. The highest BCUT2D eigenvalue weighted by Gasteiger charge is 2.04. The Morgan fingerprint density at radius 3 is 2.77 bits per heavy atom. The van der Waals surface area contributed by atoms with E-state index in [9.17, 15) is 4.79 Å². The third-order valence-electron chi connectivity index (χ3n) is 3.50. The van der Waals surface area contributed by atoms with E-state index in [-0.39, 0.29) is 6.03 Å². The zero-order valence-corrected chi connectivity index (χ0v) is 13.9. The first-order valence-electron chi connectivity index (χ1n) is 8.02. The SMILES string of the molecule is N#Cc1ccc(Oc2cccc(NC(=O)NCCn3cccc3)c2)nc1. The van der Waals surface area contributed by atoms with Gasteiger partial charge < -0.3 is 19.9 Å². The molecule has 3 rings (SSSR count). The lowest BCUT2D eigenvalue weighted by Crippen LogP contribution is -2.31.